The summed E-state index contributed by atoms with van der Waals surface area (Å²) >= 11 is 0. The van der Waals surface area contributed by atoms with E-state index in [0.717, 1.165) is 62.2 Å². The molecule has 0 spiro atoms. The van der Waals surface area contributed by atoms with Gasteiger partial charge in [0, 0.05) is 57.7 Å². The second-order valence-corrected chi connectivity index (χ2v) is 6.43. The van der Waals surface area contributed by atoms with Gasteiger partial charge in [0.1, 0.15) is 11.8 Å². The van der Waals surface area contributed by atoms with Gasteiger partial charge in [-0.05, 0) is 6.07 Å². The maximum absolute atomic E-state index is 4.43. The van der Waals surface area contributed by atoms with E-state index in [9.17, 15) is 0 Å². The number of aromatic amines is 1. The summed E-state index contributed by atoms with van der Waals surface area (Å²) in [5.74, 6) is 1.79. The van der Waals surface area contributed by atoms with Gasteiger partial charge >= 0.3 is 0 Å². The summed E-state index contributed by atoms with van der Waals surface area (Å²) in [6, 6.07) is 2.43. The average molecular weight is 337 g/mol. The normalized spacial score (nSPS) is 19.4. The van der Waals surface area contributed by atoms with Crippen molar-refractivity contribution in [1.82, 2.24) is 34.8 Å². The van der Waals surface area contributed by atoms with Crippen molar-refractivity contribution >= 4 is 22.9 Å². The maximum Gasteiger partial charge on any atom is 0.225 e. The first-order chi connectivity index (χ1) is 12.4. The topological polar surface area (TPSA) is 90.0 Å². The molecule has 2 aliphatic heterocycles. The highest BCUT2D eigenvalue weighted by molar-refractivity contribution is 5.83. The van der Waals surface area contributed by atoms with Crippen LogP contribution < -0.4 is 9.80 Å². The number of aromatic nitrogens is 6. The molecule has 128 valence electrons. The van der Waals surface area contributed by atoms with Crippen LogP contribution in [-0.4, -0.2) is 80.1 Å². The fourth-order valence-electron chi connectivity index (χ4n) is 3.59. The van der Waals surface area contributed by atoms with Crippen LogP contribution in [0.25, 0.3) is 11.2 Å². The maximum atomic E-state index is 4.43. The molecule has 2 fully saturated rings. The molecule has 9 nitrogen and oxygen atoms in total. The molecule has 2 aliphatic rings. The Labute approximate surface area is 144 Å². The van der Waals surface area contributed by atoms with Gasteiger partial charge in [0.25, 0.3) is 0 Å². The van der Waals surface area contributed by atoms with E-state index in [-0.39, 0.29) is 0 Å². The predicted octanol–water partition coefficient (Wildman–Crippen LogP) is 0.154. The number of rotatable bonds is 3. The molecular formula is C16H19N9. The van der Waals surface area contributed by atoms with Crippen molar-refractivity contribution < 1.29 is 0 Å². The fourth-order valence-corrected chi connectivity index (χ4v) is 3.59. The molecule has 0 bridgehead atoms. The first-order valence-corrected chi connectivity index (χ1v) is 8.53. The first kappa shape index (κ1) is 14.5. The Kier molecular flexibility index (Phi) is 3.44. The average Bonchev–Trinajstić information content (AvgIpc) is 3.11. The third-order valence-electron chi connectivity index (χ3n) is 5.03. The SMILES string of the molecule is c1cnc(N2CCN(C3CN(c4ncnc5nc[nH]c45)C3)CC2)nc1. The zero-order valence-corrected chi connectivity index (χ0v) is 13.8. The van der Waals surface area contributed by atoms with E-state index in [0.29, 0.717) is 6.04 Å². The molecule has 3 aromatic rings. The summed E-state index contributed by atoms with van der Waals surface area (Å²) < 4.78 is 0. The number of fused-ring (bicyclic) bond motifs is 1. The Morgan fingerprint density at radius 2 is 1.68 bits per heavy atom. The van der Waals surface area contributed by atoms with Gasteiger partial charge < -0.3 is 14.8 Å². The highest BCUT2D eigenvalue weighted by atomic mass is 15.4. The van der Waals surface area contributed by atoms with Gasteiger partial charge in [0.2, 0.25) is 5.95 Å². The van der Waals surface area contributed by atoms with Crippen molar-refractivity contribution in [3.63, 3.8) is 0 Å². The van der Waals surface area contributed by atoms with E-state index in [1.807, 2.05) is 6.07 Å². The molecule has 0 amide bonds. The van der Waals surface area contributed by atoms with Crippen molar-refractivity contribution in [3.8, 4) is 0 Å². The summed E-state index contributed by atoms with van der Waals surface area (Å²) in [6.45, 7) is 6.01. The van der Waals surface area contributed by atoms with E-state index < -0.39 is 0 Å². The Balaban J connectivity index is 1.20. The van der Waals surface area contributed by atoms with E-state index in [1.165, 1.54) is 0 Å². The summed E-state index contributed by atoms with van der Waals surface area (Å²) in [4.78, 5) is 31.8. The molecule has 25 heavy (non-hydrogen) atoms. The molecule has 5 heterocycles. The third kappa shape index (κ3) is 2.56. The van der Waals surface area contributed by atoms with Crippen LogP contribution in [0.5, 0.6) is 0 Å². The molecule has 0 radical (unpaired) electrons. The van der Waals surface area contributed by atoms with E-state index in [2.05, 4.69) is 44.6 Å². The number of hydrogen-bond acceptors (Lipinski definition) is 8. The van der Waals surface area contributed by atoms with E-state index in [4.69, 9.17) is 0 Å². The van der Waals surface area contributed by atoms with Gasteiger partial charge in [-0.3, -0.25) is 4.90 Å². The monoisotopic (exact) mass is 337 g/mol. The lowest BCUT2D eigenvalue weighted by molar-refractivity contribution is 0.156. The molecule has 2 saturated heterocycles. The van der Waals surface area contributed by atoms with Crippen LogP contribution in [0.2, 0.25) is 0 Å². The zero-order valence-electron chi connectivity index (χ0n) is 13.8. The Morgan fingerprint density at radius 1 is 0.880 bits per heavy atom. The van der Waals surface area contributed by atoms with Crippen LogP contribution in [0.1, 0.15) is 0 Å². The Morgan fingerprint density at radius 3 is 2.48 bits per heavy atom. The van der Waals surface area contributed by atoms with Gasteiger partial charge in [0.05, 0.1) is 6.33 Å². The second kappa shape index (κ2) is 5.92. The predicted molar refractivity (Wildman–Crippen MR) is 93.5 cm³/mol. The smallest absolute Gasteiger partial charge is 0.225 e. The molecular weight excluding hydrogens is 318 g/mol. The van der Waals surface area contributed by atoms with Crippen molar-refractivity contribution in [2.75, 3.05) is 49.1 Å². The van der Waals surface area contributed by atoms with E-state index >= 15 is 0 Å². The molecule has 3 aromatic heterocycles. The van der Waals surface area contributed by atoms with Crippen molar-refractivity contribution in [3.05, 3.63) is 31.1 Å². The number of anilines is 2. The lowest BCUT2D eigenvalue weighted by Crippen LogP contribution is -2.63. The minimum atomic E-state index is 0.576. The standard InChI is InChI=1S/C16H19N9/c1-2-17-16(18-3-1)24-6-4-23(5-7-24)12-8-25(9-12)15-13-14(20-10-19-13)21-11-22-15/h1-3,10-12H,4-9H2,(H,19,20,21,22). The van der Waals surface area contributed by atoms with Crippen LogP contribution in [0.3, 0.4) is 0 Å². The van der Waals surface area contributed by atoms with Crippen LogP contribution in [0.4, 0.5) is 11.8 Å². The van der Waals surface area contributed by atoms with Gasteiger partial charge in [-0.15, -0.1) is 0 Å². The molecule has 0 aromatic carbocycles. The first-order valence-electron chi connectivity index (χ1n) is 8.53. The van der Waals surface area contributed by atoms with Crippen LogP contribution in [0.15, 0.2) is 31.1 Å². The number of hydrogen-bond donors (Lipinski definition) is 1. The third-order valence-corrected chi connectivity index (χ3v) is 5.03. The molecule has 5 rings (SSSR count). The van der Waals surface area contributed by atoms with Crippen LogP contribution >= 0.6 is 0 Å². The van der Waals surface area contributed by atoms with Crippen LogP contribution in [0, 0.1) is 0 Å². The van der Waals surface area contributed by atoms with Gasteiger partial charge in [0.15, 0.2) is 11.5 Å². The molecule has 0 saturated carbocycles. The number of piperazine rings is 1. The summed E-state index contributed by atoms with van der Waals surface area (Å²) in [5, 5.41) is 0. The zero-order chi connectivity index (χ0) is 16.6. The fraction of sp³-hybridized carbons (Fsp3) is 0.438. The highest BCUT2D eigenvalue weighted by Gasteiger charge is 2.35. The minimum absolute atomic E-state index is 0.576. The number of nitrogens with zero attached hydrogens (tertiary/aromatic N) is 8. The molecule has 1 N–H and O–H groups in total. The minimum Gasteiger partial charge on any atom is -0.351 e. The van der Waals surface area contributed by atoms with Gasteiger partial charge in [-0.2, -0.15) is 0 Å². The van der Waals surface area contributed by atoms with Crippen molar-refractivity contribution in [2.45, 2.75) is 6.04 Å². The van der Waals surface area contributed by atoms with Gasteiger partial charge in [-0.25, -0.2) is 24.9 Å². The number of nitrogens with one attached hydrogen (secondary N) is 1. The Hall–Kier alpha value is -2.81. The molecule has 0 unspecified atom stereocenters. The molecule has 9 heteroatoms. The quantitative estimate of drug-likeness (QED) is 0.722. The Bertz CT molecular complexity index is 850. The summed E-state index contributed by atoms with van der Waals surface area (Å²) in [5.41, 5.74) is 1.65. The highest BCUT2D eigenvalue weighted by Crippen LogP contribution is 2.27. The van der Waals surface area contributed by atoms with Crippen molar-refractivity contribution in [1.29, 1.82) is 0 Å². The van der Waals surface area contributed by atoms with Crippen molar-refractivity contribution in [2.24, 2.45) is 0 Å². The number of H-pyrrole nitrogens is 1. The largest absolute Gasteiger partial charge is 0.351 e. The van der Waals surface area contributed by atoms with Gasteiger partial charge in [-0.1, -0.05) is 0 Å². The molecule has 0 atom stereocenters. The second-order valence-electron chi connectivity index (χ2n) is 6.43. The lowest BCUT2D eigenvalue weighted by Gasteiger charge is -2.48. The summed E-state index contributed by atoms with van der Waals surface area (Å²) in [6.07, 6.45) is 6.86. The number of imidazole rings is 1. The lowest BCUT2D eigenvalue weighted by atomic mass is 10.1. The van der Waals surface area contributed by atoms with E-state index in [1.54, 1.807) is 25.0 Å². The summed E-state index contributed by atoms with van der Waals surface area (Å²) in [7, 11) is 0. The van der Waals surface area contributed by atoms with Crippen LogP contribution in [-0.2, 0) is 0 Å². The molecule has 0 aliphatic carbocycles.